The zero-order valence-electron chi connectivity index (χ0n) is 21.3. The van der Waals surface area contributed by atoms with E-state index in [0.29, 0.717) is 5.82 Å². The summed E-state index contributed by atoms with van der Waals surface area (Å²) in [5, 5.41) is 11.6. The lowest BCUT2D eigenvalue weighted by atomic mass is 9.86. The van der Waals surface area contributed by atoms with Crippen LogP contribution in [-0.2, 0) is 0 Å². The van der Waals surface area contributed by atoms with Gasteiger partial charge in [0.2, 0.25) is 5.82 Å². The molecule has 0 radical (unpaired) electrons. The SMILES string of the molecule is N#Cc1nccc(N2CCC3(CCN(n4c(-c5cccnc5N)nc5ccc(-c6ccccc6)nc54)C3)C2)n1. The molecule has 4 aromatic heterocycles. The van der Waals surface area contributed by atoms with Crippen LogP contribution in [0, 0.1) is 16.7 Å². The van der Waals surface area contributed by atoms with E-state index in [9.17, 15) is 5.26 Å². The molecule has 2 aliphatic heterocycles. The predicted molar refractivity (Wildman–Crippen MR) is 149 cm³/mol. The van der Waals surface area contributed by atoms with Crippen LogP contribution in [0.25, 0.3) is 33.8 Å². The van der Waals surface area contributed by atoms with Crippen molar-refractivity contribution in [1.82, 2.24) is 29.6 Å². The molecule has 2 N–H and O–H groups in total. The third kappa shape index (κ3) is 3.99. The fourth-order valence-corrected chi connectivity index (χ4v) is 5.89. The van der Waals surface area contributed by atoms with Crippen molar-refractivity contribution in [2.24, 2.45) is 5.41 Å². The van der Waals surface area contributed by atoms with E-state index in [4.69, 9.17) is 15.7 Å². The molecule has 1 atom stereocenters. The Kier molecular flexibility index (Phi) is 5.37. The highest BCUT2D eigenvalue weighted by Crippen LogP contribution is 2.41. The number of hydrogen-bond donors (Lipinski definition) is 1. The monoisotopic (exact) mass is 514 g/mol. The number of nitrogen functional groups attached to an aromatic ring is 1. The number of aromatic nitrogens is 6. The van der Waals surface area contributed by atoms with Crippen molar-refractivity contribution < 1.29 is 0 Å². The first-order chi connectivity index (χ1) is 19.1. The number of imidazole rings is 1. The Morgan fingerprint density at radius 1 is 0.846 bits per heavy atom. The predicted octanol–water partition coefficient (Wildman–Crippen LogP) is 3.64. The van der Waals surface area contributed by atoms with Crippen LogP contribution in [0.2, 0.25) is 0 Å². The van der Waals surface area contributed by atoms with Crippen LogP contribution in [-0.4, -0.2) is 55.8 Å². The third-order valence-corrected chi connectivity index (χ3v) is 7.84. The van der Waals surface area contributed by atoms with Crippen LogP contribution in [0.5, 0.6) is 0 Å². The van der Waals surface area contributed by atoms with Crippen LogP contribution in [0.15, 0.2) is 73.1 Å². The fourth-order valence-electron chi connectivity index (χ4n) is 5.89. The Morgan fingerprint density at radius 3 is 2.56 bits per heavy atom. The van der Waals surface area contributed by atoms with Crippen molar-refractivity contribution in [2.75, 3.05) is 41.8 Å². The molecule has 10 nitrogen and oxygen atoms in total. The maximum Gasteiger partial charge on any atom is 0.234 e. The first-order valence-corrected chi connectivity index (χ1v) is 13.0. The summed E-state index contributed by atoms with van der Waals surface area (Å²) in [7, 11) is 0. The number of nitrogens with zero attached hydrogens (tertiary/aromatic N) is 9. The summed E-state index contributed by atoms with van der Waals surface area (Å²) < 4.78 is 2.14. The highest BCUT2D eigenvalue weighted by molar-refractivity contribution is 5.82. The van der Waals surface area contributed by atoms with Gasteiger partial charge in [0.15, 0.2) is 11.5 Å². The van der Waals surface area contributed by atoms with E-state index < -0.39 is 0 Å². The van der Waals surface area contributed by atoms with Gasteiger partial charge < -0.3 is 15.6 Å². The van der Waals surface area contributed by atoms with Gasteiger partial charge in [-0.25, -0.2) is 29.6 Å². The normalized spacial score (nSPS) is 18.7. The zero-order chi connectivity index (χ0) is 26.4. The van der Waals surface area contributed by atoms with Gasteiger partial charge in [-0.1, -0.05) is 30.3 Å². The quantitative estimate of drug-likeness (QED) is 0.382. The van der Waals surface area contributed by atoms with Crippen LogP contribution in [0.4, 0.5) is 11.6 Å². The zero-order valence-corrected chi connectivity index (χ0v) is 21.3. The largest absolute Gasteiger partial charge is 0.383 e. The highest BCUT2D eigenvalue weighted by Gasteiger charge is 2.45. The molecule has 2 fully saturated rings. The maximum absolute atomic E-state index is 9.24. The molecular formula is C29H26N10. The molecule has 6 heterocycles. The van der Waals surface area contributed by atoms with Crippen LogP contribution in [0.1, 0.15) is 18.7 Å². The molecule has 39 heavy (non-hydrogen) atoms. The minimum absolute atomic E-state index is 0.0865. The summed E-state index contributed by atoms with van der Waals surface area (Å²) >= 11 is 0. The first-order valence-electron chi connectivity index (χ1n) is 13.0. The number of rotatable bonds is 4. The number of pyridine rings is 2. The Labute approximate surface area is 225 Å². The molecule has 2 aliphatic rings. The minimum Gasteiger partial charge on any atom is -0.383 e. The Bertz CT molecular complexity index is 1720. The van der Waals surface area contributed by atoms with Gasteiger partial charge in [0.05, 0.1) is 11.3 Å². The van der Waals surface area contributed by atoms with E-state index in [1.165, 1.54) is 0 Å². The standard InChI is InChI=1S/C29H26N10/c30-17-24-32-14-10-25(36-24)37-15-11-29(18-37)12-16-38(19-29)39-27(21-7-4-13-33-26(21)31)35-23-9-8-22(34-28(23)39)20-5-2-1-3-6-20/h1-10,13-14H,11-12,15-16,18-19H2,(H2,31,33). The molecular weight excluding hydrogens is 488 g/mol. The Morgan fingerprint density at radius 2 is 1.72 bits per heavy atom. The summed E-state index contributed by atoms with van der Waals surface area (Å²) in [5.74, 6) is 2.19. The van der Waals surface area contributed by atoms with Crippen molar-refractivity contribution in [3.8, 4) is 28.7 Å². The molecule has 2 saturated heterocycles. The van der Waals surface area contributed by atoms with E-state index in [2.05, 4.69) is 41.7 Å². The first kappa shape index (κ1) is 23.1. The highest BCUT2D eigenvalue weighted by atomic mass is 15.6. The molecule has 0 saturated carbocycles. The molecule has 0 amide bonds. The van der Waals surface area contributed by atoms with Gasteiger partial charge in [0.1, 0.15) is 23.2 Å². The van der Waals surface area contributed by atoms with Gasteiger partial charge >= 0.3 is 0 Å². The fraction of sp³-hybridized carbons (Fsp3) is 0.241. The summed E-state index contributed by atoms with van der Waals surface area (Å²) in [4.78, 5) is 25.2. The molecule has 5 aromatic rings. The Balaban J connectivity index is 1.28. The summed E-state index contributed by atoms with van der Waals surface area (Å²) in [5.41, 5.74) is 10.8. The smallest absolute Gasteiger partial charge is 0.234 e. The van der Waals surface area contributed by atoms with Gasteiger partial charge in [0, 0.05) is 49.6 Å². The van der Waals surface area contributed by atoms with Crippen LogP contribution in [0.3, 0.4) is 0 Å². The average Bonchev–Trinajstić information content (AvgIpc) is 3.70. The van der Waals surface area contributed by atoms with Crippen molar-refractivity contribution >= 4 is 22.8 Å². The minimum atomic E-state index is 0.0865. The van der Waals surface area contributed by atoms with E-state index in [1.807, 2.05) is 54.6 Å². The molecule has 1 aromatic carbocycles. The lowest BCUT2D eigenvalue weighted by Gasteiger charge is -2.27. The van der Waals surface area contributed by atoms with Gasteiger partial charge in [0.25, 0.3) is 0 Å². The Hall–Kier alpha value is -5.04. The summed E-state index contributed by atoms with van der Waals surface area (Å²) in [6.07, 6.45) is 5.42. The molecule has 0 bridgehead atoms. The van der Waals surface area contributed by atoms with Crippen molar-refractivity contribution in [2.45, 2.75) is 12.8 Å². The second kappa shape index (κ2) is 9.06. The topological polar surface area (TPSA) is 126 Å². The number of nitriles is 1. The summed E-state index contributed by atoms with van der Waals surface area (Å²) in [6, 6.07) is 22.0. The molecule has 192 valence electrons. The lowest BCUT2D eigenvalue weighted by Crippen LogP contribution is -2.37. The summed E-state index contributed by atoms with van der Waals surface area (Å²) in [6.45, 7) is 3.46. The van der Waals surface area contributed by atoms with E-state index in [1.54, 1.807) is 12.4 Å². The second-order valence-corrected chi connectivity index (χ2v) is 10.2. The number of benzene rings is 1. The number of anilines is 2. The van der Waals surface area contributed by atoms with Gasteiger partial charge in [-0.05, 0) is 43.2 Å². The molecule has 0 aliphatic carbocycles. The van der Waals surface area contributed by atoms with Gasteiger partial charge in [-0.3, -0.25) is 0 Å². The second-order valence-electron chi connectivity index (χ2n) is 10.2. The molecule has 7 rings (SSSR count). The molecule has 10 heteroatoms. The van der Waals surface area contributed by atoms with Gasteiger partial charge in [-0.2, -0.15) is 5.26 Å². The van der Waals surface area contributed by atoms with E-state index in [-0.39, 0.29) is 11.2 Å². The van der Waals surface area contributed by atoms with E-state index >= 15 is 0 Å². The lowest BCUT2D eigenvalue weighted by molar-refractivity contribution is 0.368. The molecule has 1 spiro atoms. The average molecular weight is 515 g/mol. The van der Waals surface area contributed by atoms with Crippen molar-refractivity contribution in [3.05, 3.63) is 78.9 Å². The number of hydrogen-bond acceptors (Lipinski definition) is 9. The van der Waals surface area contributed by atoms with Gasteiger partial charge in [-0.15, -0.1) is 0 Å². The van der Waals surface area contributed by atoms with Crippen LogP contribution < -0.4 is 15.6 Å². The molecule has 1 unspecified atom stereocenters. The number of fused-ring (bicyclic) bond motifs is 1. The maximum atomic E-state index is 9.24. The van der Waals surface area contributed by atoms with Crippen molar-refractivity contribution in [1.29, 1.82) is 5.26 Å². The van der Waals surface area contributed by atoms with Crippen molar-refractivity contribution in [3.63, 3.8) is 0 Å². The third-order valence-electron chi connectivity index (χ3n) is 7.84. The number of nitrogens with two attached hydrogens (primary N) is 1. The van der Waals surface area contributed by atoms with E-state index in [0.717, 1.165) is 78.6 Å². The van der Waals surface area contributed by atoms with Crippen LogP contribution >= 0.6 is 0 Å².